The molecule has 0 radical (unpaired) electrons. The Hall–Kier alpha value is -1.42. The molecule has 2 rings (SSSR count). The largest absolute Gasteiger partial charge is 0.280 e. The number of nitrogens with one attached hydrogen (secondary N) is 1. The first-order valence-corrected chi connectivity index (χ1v) is 10.2. The van der Waals surface area contributed by atoms with Crippen LogP contribution in [0.5, 0.6) is 0 Å². The summed E-state index contributed by atoms with van der Waals surface area (Å²) in [5.74, 6) is 0. The second-order valence-electron chi connectivity index (χ2n) is 4.87. The molecular formula is C14H15BrN2O4S2. The maximum atomic E-state index is 12.3. The van der Waals surface area contributed by atoms with Crippen molar-refractivity contribution < 1.29 is 16.8 Å². The molecule has 1 N–H and O–H groups in total. The Morgan fingerprint density at radius 2 is 1.52 bits per heavy atom. The molecule has 0 saturated heterocycles. The summed E-state index contributed by atoms with van der Waals surface area (Å²) in [6.07, 6.45) is 0. The van der Waals surface area contributed by atoms with Crippen LogP contribution in [0.4, 0.5) is 5.69 Å². The van der Waals surface area contributed by atoms with Crippen molar-refractivity contribution in [3.63, 3.8) is 0 Å². The summed E-state index contributed by atoms with van der Waals surface area (Å²) in [6.45, 7) is 0. The third-order valence-corrected chi connectivity index (χ3v) is 6.69. The van der Waals surface area contributed by atoms with Gasteiger partial charge < -0.3 is 0 Å². The van der Waals surface area contributed by atoms with E-state index in [0.717, 1.165) is 4.31 Å². The fourth-order valence-electron chi connectivity index (χ4n) is 1.75. The van der Waals surface area contributed by atoms with Crippen molar-refractivity contribution >= 4 is 41.7 Å². The molecule has 0 atom stereocenters. The highest BCUT2D eigenvalue weighted by Crippen LogP contribution is 2.21. The quantitative estimate of drug-likeness (QED) is 0.807. The number of hydrogen-bond acceptors (Lipinski definition) is 4. The second-order valence-corrected chi connectivity index (χ2v) is 9.62. The molecule has 0 unspecified atom stereocenters. The van der Waals surface area contributed by atoms with E-state index in [-0.39, 0.29) is 15.5 Å². The molecule has 0 aromatic heterocycles. The van der Waals surface area contributed by atoms with E-state index in [4.69, 9.17) is 0 Å². The van der Waals surface area contributed by atoms with Crippen LogP contribution < -0.4 is 4.72 Å². The van der Waals surface area contributed by atoms with E-state index in [1.54, 1.807) is 12.1 Å². The van der Waals surface area contributed by atoms with Gasteiger partial charge in [0, 0.05) is 24.3 Å². The van der Waals surface area contributed by atoms with Crippen molar-refractivity contribution in [1.29, 1.82) is 0 Å². The van der Waals surface area contributed by atoms with Crippen LogP contribution in [-0.4, -0.2) is 35.2 Å². The third kappa shape index (κ3) is 4.11. The summed E-state index contributed by atoms with van der Waals surface area (Å²) in [7, 11) is -4.43. The van der Waals surface area contributed by atoms with Crippen molar-refractivity contribution in [3.05, 3.63) is 53.0 Å². The second kappa shape index (κ2) is 6.60. The highest BCUT2D eigenvalue weighted by Gasteiger charge is 2.18. The molecule has 124 valence electrons. The van der Waals surface area contributed by atoms with Gasteiger partial charge in [-0.05, 0) is 42.5 Å². The topological polar surface area (TPSA) is 83.6 Å². The summed E-state index contributed by atoms with van der Waals surface area (Å²) in [6, 6.07) is 11.8. The first-order valence-electron chi connectivity index (χ1n) is 6.44. The summed E-state index contributed by atoms with van der Waals surface area (Å²) in [5, 5.41) is 0. The minimum Gasteiger partial charge on any atom is -0.280 e. The highest BCUT2D eigenvalue weighted by atomic mass is 79.9. The monoisotopic (exact) mass is 418 g/mol. The maximum Gasteiger partial charge on any atom is 0.261 e. The Morgan fingerprint density at radius 1 is 0.913 bits per heavy atom. The highest BCUT2D eigenvalue weighted by molar-refractivity contribution is 9.10. The number of hydrogen-bond donors (Lipinski definition) is 1. The molecule has 6 nitrogen and oxygen atoms in total. The van der Waals surface area contributed by atoms with Crippen molar-refractivity contribution in [2.24, 2.45) is 0 Å². The Labute approximate surface area is 144 Å². The van der Waals surface area contributed by atoms with Gasteiger partial charge >= 0.3 is 0 Å². The number of rotatable bonds is 5. The predicted molar refractivity (Wildman–Crippen MR) is 92.3 cm³/mol. The Balaban J connectivity index is 2.28. The van der Waals surface area contributed by atoms with E-state index in [9.17, 15) is 16.8 Å². The lowest BCUT2D eigenvalue weighted by molar-refractivity contribution is 0.521. The molecule has 0 fully saturated rings. The standard InChI is InChI=1S/C14H15BrN2O4S2/c1-17(2)23(20,21)13-8-6-12(7-9-13)16-22(18,19)14-5-3-4-11(15)10-14/h3-10,16H,1-2H3. The van der Waals surface area contributed by atoms with Crippen LogP contribution in [0.2, 0.25) is 0 Å². The van der Waals surface area contributed by atoms with E-state index < -0.39 is 20.0 Å². The molecule has 2 aromatic carbocycles. The molecule has 23 heavy (non-hydrogen) atoms. The van der Waals surface area contributed by atoms with Gasteiger partial charge in [-0.1, -0.05) is 22.0 Å². The molecule has 2 aromatic rings. The van der Waals surface area contributed by atoms with Crippen LogP contribution >= 0.6 is 15.9 Å². The van der Waals surface area contributed by atoms with Crippen molar-refractivity contribution in [2.45, 2.75) is 9.79 Å². The van der Waals surface area contributed by atoms with Crippen LogP contribution in [0.3, 0.4) is 0 Å². The summed E-state index contributed by atoms with van der Waals surface area (Å²) in [4.78, 5) is 0.199. The van der Waals surface area contributed by atoms with Crippen molar-refractivity contribution in [3.8, 4) is 0 Å². The lowest BCUT2D eigenvalue weighted by atomic mass is 10.3. The Bertz CT molecular complexity index is 908. The number of halogens is 1. The van der Waals surface area contributed by atoms with Gasteiger partial charge in [0.1, 0.15) is 0 Å². The number of sulfonamides is 2. The fourth-order valence-corrected chi connectivity index (χ4v) is 4.31. The van der Waals surface area contributed by atoms with Gasteiger partial charge in [-0.25, -0.2) is 21.1 Å². The molecule has 0 spiro atoms. The van der Waals surface area contributed by atoms with Gasteiger partial charge in [-0.15, -0.1) is 0 Å². The zero-order valence-corrected chi connectivity index (χ0v) is 15.6. The first kappa shape index (κ1) is 17.9. The molecule has 0 aliphatic heterocycles. The van der Waals surface area contributed by atoms with Gasteiger partial charge in [-0.3, -0.25) is 4.72 Å². The summed E-state index contributed by atoms with van der Waals surface area (Å²) in [5.41, 5.74) is 0.280. The molecule has 0 aliphatic rings. The van der Waals surface area contributed by atoms with Gasteiger partial charge in [0.25, 0.3) is 10.0 Å². The van der Waals surface area contributed by atoms with Crippen molar-refractivity contribution in [2.75, 3.05) is 18.8 Å². The van der Waals surface area contributed by atoms with Crippen LogP contribution in [0.1, 0.15) is 0 Å². The van der Waals surface area contributed by atoms with Crippen LogP contribution in [0.25, 0.3) is 0 Å². The average molecular weight is 419 g/mol. The van der Waals surface area contributed by atoms with E-state index >= 15 is 0 Å². The van der Waals surface area contributed by atoms with E-state index in [1.165, 1.54) is 50.5 Å². The molecule has 0 heterocycles. The Kier molecular flexibility index (Phi) is 5.14. The SMILES string of the molecule is CN(C)S(=O)(=O)c1ccc(NS(=O)(=O)c2cccc(Br)c2)cc1. The molecule has 0 aliphatic carbocycles. The smallest absolute Gasteiger partial charge is 0.261 e. The van der Waals surface area contributed by atoms with Crippen LogP contribution in [-0.2, 0) is 20.0 Å². The summed E-state index contributed by atoms with van der Waals surface area (Å²) >= 11 is 3.22. The molecule has 0 bridgehead atoms. The summed E-state index contributed by atoms with van der Waals surface area (Å²) < 4.78 is 52.7. The zero-order chi connectivity index (χ0) is 17.3. The number of nitrogens with zero attached hydrogens (tertiary/aromatic N) is 1. The molecule has 0 amide bonds. The average Bonchev–Trinajstić information content (AvgIpc) is 2.47. The van der Waals surface area contributed by atoms with Gasteiger partial charge in [0.2, 0.25) is 10.0 Å². The lowest BCUT2D eigenvalue weighted by Crippen LogP contribution is -2.22. The van der Waals surface area contributed by atoms with Crippen molar-refractivity contribution in [1.82, 2.24) is 4.31 Å². The van der Waals surface area contributed by atoms with Crippen LogP contribution in [0.15, 0.2) is 62.8 Å². The van der Waals surface area contributed by atoms with Crippen LogP contribution in [0, 0.1) is 0 Å². The minimum atomic E-state index is -3.74. The Morgan fingerprint density at radius 3 is 2.04 bits per heavy atom. The number of anilines is 1. The van der Waals surface area contributed by atoms with Gasteiger partial charge in [0.15, 0.2) is 0 Å². The first-order chi connectivity index (χ1) is 10.6. The molecule has 9 heteroatoms. The number of benzene rings is 2. The normalized spacial score (nSPS) is 12.3. The van der Waals surface area contributed by atoms with Gasteiger partial charge in [0.05, 0.1) is 9.79 Å². The predicted octanol–water partition coefficient (Wildman–Crippen LogP) is 2.50. The molecular weight excluding hydrogens is 404 g/mol. The zero-order valence-electron chi connectivity index (χ0n) is 12.4. The van der Waals surface area contributed by atoms with Gasteiger partial charge in [-0.2, -0.15) is 0 Å². The van der Waals surface area contributed by atoms with E-state index in [2.05, 4.69) is 20.7 Å². The van der Waals surface area contributed by atoms with E-state index in [1.807, 2.05) is 0 Å². The lowest BCUT2D eigenvalue weighted by Gasteiger charge is -2.12. The fraction of sp³-hybridized carbons (Fsp3) is 0.143. The van der Waals surface area contributed by atoms with E-state index in [0.29, 0.717) is 4.47 Å². The maximum absolute atomic E-state index is 12.3. The minimum absolute atomic E-state index is 0.0907. The molecule has 0 saturated carbocycles. The third-order valence-electron chi connectivity index (χ3n) is 2.99.